The van der Waals surface area contributed by atoms with Crippen molar-refractivity contribution in [3.8, 4) is 6.07 Å². The van der Waals surface area contributed by atoms with Crippen LogP contribution in [0, 0.1) is 11.3 Å². The van der Waals surface area contributed by atoms with E-state index in [9.17, 15) is 10.4 Å². The molecule has 0 aliphatic heterocycles. The van der Waals surface area contributed by atoms with Crippen molar-refractivity contribution in [1.82, 2.24) is 0 Å². The average Bonchev–Trinajstić information content (AvgIpc) is 2.68. The van der Waals surface area contributed by atoms with Crippen molar-refractivity contribution >= 4 is 21.5 Å². The van der Waals surface area contributed by atoms with E-state index in [1.165, 1.54) is 0 Å². The molecule has 0 unspecified atom stereocenters. The van der Waals surface area contributed by atoms with Gasteiger partial charge in [-0.2, -0.15) is 5.26 Å². The molecule has 0 aliphatic rings. The Hall–Kier alpha value is -3.15. The number of fused-ring (bicyclic) bond motifs is 2. The van der Waals surface area contributed by atoms with Crippen LogP contribution in [0.5, 0.6) is 0 Å². The maximum absolute atomic E-state index is 11.1. The standard InChI is InChI=1S/C23H17NO/c24-15-22(20-13-5-9-16-7-1-3-11-18(16)20)23(25)21-14-6-10-17-8-2-4-12-19(17)21/h1-14,22-23,25H/t22-,23+/m0/s1. The number of benzene rings is 4. The lowest BCUT2D eigenvalue weighted by Crippen LogP contribution is -2.10. The number of aliphatic hydroxyl groups excluding tert-OH is 1. The molecule has 0 aliphatic carbocycles. The molecular formula is C23H17NO. The van der Waals surface area contributed by atoms with Crippen molar-refractivity contribution in [1.29, 1.82) is 5.26 Å². The summed E-state index contributed by atoms with van der Waals surface area (Å²) >= 11 is 0. The lowest BCUT2D eigenvalue weighted by atomic mass is 9.85. The minimum Gasteiger partial charge on any atom is -0.387 e. The molecule has 4 aromatic carbocycles. The number of hydrogen-bond acceptors (Lipinski definition) is 2. The van der Waals surface area contributed by atoms with Gasteiger partial charge in [-0.15, -0.1) is 0 Å². The second kappa shape index (κ2) is 6.39. The second-order valence-corrected chi connectivity index (χ2v) is 6.19. The first-order valence-electron chi connectivity index (χ1n) is 8.32. The summed E-state index contributed by atoms with van der Waals surface area (Å²) in [6.45, 7) is 0. The van der Waals surface area contributed by atoms with E-state index >= 15 is 0 Å². The predicted molar refractivity (Wildman–Crippen MR) is 101 cm³/mol. The van der Waals surface area contributed by atoms with Gasteiger partial charge in [0.25, 0.3) is 0 Å². The van der Waals surface area contributed by atoms with Crippen LogP contribution in [0.2, 0.25) is 0 Å². The Kier molecular flexibility index (Phi) is 3.93. The van der Waals surface area contributed by atoms with Crippen LogP contribution in [0.15, 0.2) is 84.9 Å². The summed E-state index contributed by atoms with van der Waals surface area (Å²) in [5.74, 6) is -0.628. The molecule has 0 radical (unpaired) electrons. The van der Waals surface area contributed by atoms with Crippen LogP contribution < -0.4 is 0 Å². The Morgan fingerprint density at radius 2 is 1.12 bits per heavy atom. The summed E-state index contributed by atoms with van der Waals surface area (Å²) in [7, 11) is 0. The van der Waals surface area contributed by atoms with Crippen LogP contribution in [0.1, 0.15) is 23.1 Å². The maximum atomic E-state index is 11.1. The van der Waals surface area contributed by atoms with Crippen LogP contribution in [-0.4, -0.2) is 5.11 Å². The summed E-state index contributed by atoms with van der Waals surface area (Å²) in [5, 5.41) is 25.0. The fraction of sp³-hybridized carbons (Fsp3) is 0.0870. The second-order valence-electron chi connectivity index (χ2n) is 6.19. The first kappa shape index (κ1) is 15.4. The molecule has 2 nitrogen and oxygen atoms in total. The first-order chi connectivity index (χ1) is 12.3. The van der Waals surface area contributed by atoms with Crippen molar-refractivity contribution in [2.45, 2.75) is 12.0 Å². The molecule has 0 saturated carbocycles. The Morgan fingerprint density at radius 3 is 1.72 bits per heavy atom. The first-order valence-corrected chi connectivity index (χ1v) is 8.32. The van der Waals surface area contributed by atoms with Gasteiger partial charge in [-0.25, -0.2) is 0 Å². The molecule has 0 fully saturated rings. The van der Waals surface area contributed by atoms with Crippen molar-refractivity contribution in [3.05, 3.63) is 96.1 Å². The Balaban J connectivity index is 1.87. The van der Waals surface area contributed by atoms with Gasteiger partial charge in [-0.3, -0.25) is 0 Å². The molecule has 4 rings (SSSR count). The number of nitrogens with zero attached hydrogens (tertiary/aromatic N) is 1. The third kappa shape index (κ3) is 2.65. The van der Waals surface area contributed by atoms with E-state index in [0.717, 1.165) is 32.7 Å². The lowest BCUT2D eigenvalue weighted by molar-refractivity contribution is 0.166. The van der Waals surface area contributed by atoms with E-state index in [-0.39, 0.29) is 0 Å². The summed E-state index contributed by atoms with van der Waals surface area (Å²) in [6.07, 6.45) is -0.887. The molecule has 0 heterocycles. The number of nitriles is 1. The molecule has 0 amide bonds. The van der Waals surface area contributed by atoms with E-state index < -0.39 is 12.0 Å². The summed E-state index contributed by atoms with van der Waals surface area (Å²) < 4.78 is 0. The van der Waals surface area contributed by atoms with Crippen molar-refractivity contribution in [2.75, 3.05) is 0 Å². The maximum Gasteiger partial charge on any atom is 0.102 e. The van der Waals surface area contributed by atoms with Gasteiger partial charge in [0.1, 0.15) is 5.92 Å². The fourth-order valence-electron chi connectivity index (χ4n) is 3.52. The van der Waals surface area contributed by atoms with E-state index in [2.05, 4.69) is 6.07 Å². The molecule has 4 aromatic rings. The zero-order valence-electron chi connectivity index (χ0n) is 13.6. The normalized spacial score (nSPS) is 13.4. The summed E-state index contributed by atoms with van der Waals surface area (Å²) in [4.78, 5) is 0. The molecule has 0 saturated heterocycles. The Labute approximate surface area is 146 Å². The number of hydrogen-bond donors (Lipinski definition) is 1. The lowest BCUT2D eigenvalue weighted by Gasteiger charge is -2.20. The van der Waals surface area contributed by atoms with Crippen LogP contribution in [0.4, 0.5) is 0 Å². The molecule has 120 valence electrons. The molecule has 0 aromatic heterocycles. The highest BCUT2D eigenvalue weighted by Gasteiger charge is 2.25. The average molecular weight is 323 g/mol. The SMILES string of the molecule is N#C[C@@H](c1cccc2ccccc12)[C@H](O)c1cccc2ccccc12. The monoisotopic (exact) mass is 323 g/mol. The zero-order chi connectivity index (χ0) is 17.2. The van der Waals surface area contributed by atoms with Gasteiger partial charge in [0, 0.05) is 0 Å². The Morgan fingerprint density at radius 1 is 0.640 bits per heavy atom. The van der Waals surface area contributed by atoms with E-state index in [4.69, 9.17) is 0 Å². The van der Waals surface area contributed by atoms with Gasteiger partial charge in [0.15, 0.2) is 0 Å². The highest BCUT2D eigenvalue weighted by Crippen LogP contribution is 2.37. The van der Waals surface area contributed by atoms with Gasteiger partial charge in [0.05, 0.1) is 12.2 Å². The third-order valence-corrected chi connectivity index (χ3v) is 4.76. The van der Waals surface area contributed by atoms with Crippen LogP contribution in [0.25, 0.3) is 21.5 Å². The molecule has 25 heavy (non-hydrogen) atoms. The quantitative estimate of drug-likeness (QED) is 0.553. The number of aliphatic hydroxyl groups is 1. The predicted octanol–water partition coefficient (Wildman–Crippen LogP) is 5.33. The largest absolute Gasteiger partial charge is 0.387 e. The van der Waals surface area contributed by atoms with Gasteiger partial charge in [0.2, 0.25) is 0 Å². The van der Waals surface area contributed by atoms with Crippen molar-refractivity contribution in [2.24, 2.45) is 0 Å². The molecule has 0 bridgehead atoms. The Bertz CT molecular complexity index is 1080. The van der Waals surface area contributed by atoms with Crippen molar-refractivity contribution < 1.29 is 5.11 Å². The molecule has 2 atom stereocenters. The van der Waals surface area contributed by atoms with Gasteiger partial charge >= 0.3 is 0 Å². The topological polar surface area (TPSA) is 44.0 Å². The molecular weight excluding hydrogens is 306 g/mol. The van der Waals surface area contributed by atoms with Gasteiger partial charge in [-0.05, 0) is 32.7 Å². The molecule has 0 spiro atoms. The summed E-state index contributed by atoms with van der Waals surface area (Å²) in [5.41, 5.74) is 1.65. The van der Waals surface area contributed by atoms with Crippen molar-refractivity contribution in [3.63, 3.8) is 0 Å². The van der Waals surface area contributed by atoms with Gasteiger partial charge < -0.3 is 5.11 Å². The zero-order valence-corrected chi connectivity index (χ0v) is 13.6. The molecule has 1 N–H and O–H groups in total. The van der Waals surface area contributed by atoms with E-state index in [1.54, 1.807) is 0 Å². The minimum atomic E-state index is -0.887. The van der Waals surface area contributed by atoms with E-state index in [1.807, 2.05) is 84.9 Å². The minimum absolute atomic E-state index is 0.628. The smallest absolute Gasteiger partial charge is 0.102 e. The van der Waals surface area contributed by atoms with Gasteiger partial charge in [-0.1, -0.05) is 84.9 Å². The number of rotatable bonds is 3. The van der Waals surface area contributed by atoms with E-state index in [0.29, 0.717) is 0 Å². The highest BCUT2D eigenvalue weighted by molar-refractivity contribution is 5.88. The fourth-order valence-corrected chi connectivity index (χ4v) is 3.52. The summed E-state index contributed by atoms with van der Waals surface area (Å²) in [6, 6.07) is 30.0. The van der Waals surface area contributed by atoms with Crippen LogP contribution in [-0.2, 0) is 0 Å². The third-order valence-electron chi connectivity index (χ3n) is 4.76. The van der Waals surface area contributed by atoms with Crippen LogP contribution in [0.3, 0.4) is 0 Å². The highest BCUT2D eigenvalue weighted by atomic mass is 16.3. The molecule has 2 heteroatoms. The van der Waals surface area contributed by atoms with Crippen LogP contribution >= 0.6 is 0 Å².